The molecule has 5 aromatic rings. The van der Waals surface area contributed by atoms with E-state index < -0.39 is 23.5 Å². The van der Waals surface area contributed by atoms with E-state index in [1.54, 1.807) is 31.4 Å². The molecule has 0 saturated carbocycles. The van der Waals surface area contributed by atoms with Crippen LogP contribution >= 0.6 is 0 Å². The van der Waals surface area contributed by atoms with Crippen LogP contribution in [0.3, 0.4) is 0 Å². The van der Waals surface area contributed by atoms with Crippen LogP contribution in [0.1, 0.15) is 21.5 Å². The van der Waals surface area contributed by atoms with Crippen LogP contribution in [0.2, 0.25) is 0 Å². The molecule has 0 bridgehead atoms. The van der Waals surface area contributed by atoms with Gasteiger partial charge in [-0.15, -0.1) is 5.10 Å². The van der Waals surface area contributed by atoms with E-state index in [0.717, 1.165) is 29.5 Å². The van der Waals surface area contributed by atoms with E-state index >= 15 is 0 Å². The standard InChI is InChI=1S/C31H24F4N4O3/c1-41-27-14-8-20(9-15-27)16-17-42-30-37-28(21-10-12-23(13-11-21)31(33,34)35)39(38-30)26-7-3-6-25(19-26)36-29(40)22-4-2-5-24(32)18-22/h2-15,18-19H,16-17H2,1H3,(H,36,40). The minimum Gasteiger partial charge on any atom is -0.497 e. The van der Waals surface area contributed by atoms with E-state index in [-0.39, 0.29) is 24.0 Å². The summed E-state index contributed by atoms with van der Waals surface area (Å²) in [6.45, 7) is 0.243. The molecule has 0 spiro atoms. The number of hydrogen-bond acceptors (Lipinski definition) is 5. The summed E-state index contributed by atoms with van der Waals surface area (Å²) in [5, 5.41) is 7.17. The number of alkyl halides is 3. The minimum absolute atomic E-state index is 0.0209. The van der Waals surface area contributed by atoms with Crippen molar-refractivity contribution in [3.63, 3.8) is 0 Å². The molecule has 0 saturated heterocycles. The third-order valence-corrected chi connectivity index (χ3v) is 6.27. The molecule has 5 rings (SSSR count). The highest BCUT2D eigenvalue weighted by Gasteiger charge is 2.30. The van der Waals surface area contributed by atoms with E-state index in [1.165, 1.54) is 35.0 Å². The summed E-state index contributed by atoms with van der Waals surface area (Å²) in [6, 6.07) is 23.9. The Morgan fingerprint density at radius 3 is 2.36 bits per heavy atom. The number of halogens is 4. The second-order valence-corrected chi connectivity index (χ2v) is 9.17. The van der Waals surface area contributed by atoms with Crippen LogP contribution in [0.25, 0.3) is 17.1 Å². The van der Waals surface area contributed by atoms with Crippen molar-refractivity contribution in [2.24, 2.45) is 0 Å². The highest BCUT2D eigenvalue weighted by molar-refractivity contribution is 6.04. The number of carbonyl (C=O) groups excluding carboxylic acids is 1. The Morgan fingerprint density at radius 2 is 1.67 bits per heavy atom. The third kappa shape index (κ3) is 6.74. The second kappa shape index (κ2) is 12.1. The first-order chi connectivity index (χ1) is 20.2. The lowest BCUT2D eigenvalue weighted by Gasteiger charge is -2.10. The quantitative estimate of drug-likeness (QED) is 0.192. The molecule has 1 aromatic heterocycles. The van der Waals surface area contributed by atoms with Gasteiger partial charge in [-0.2, -0.15) is 18.2 Å². The van der Waals surface area contributed by atoms with Crippen LogP contribution in [0.5, 0.6) is 11.8 Å². The molecule has 42 heavy (non-hydrogen) atoms. The van der Waals surface area contributed by atoms with Crippen molar-refractivity contribution in [3.8, 4) is 28.8 Å². The van der Waals surface area contributed by atoms with Crippen molar-refractivity contribution in [2.45, 2.75) is 12.6 Å². The van der Waals surface area contributed by atoms with Gasteiger partial charge >= 0.3 is 12.2 Å². The highest BCUT2D eigenvalue weighted by atomic mass is 19.4. The first-order valence-corrected chi connectivity index (χ1v) is 12.8. The van der Waals surface area contributed by atoms with Crippen molar-refractivity contribution in [1.82, 2.24) is 14.8 Å². The molecule has 1 amide bonds. The molecule has 0 aliphatic heterocycles. The number of nitrogens with zero attached hydrogens (tertiary/aromatic N) is 3. The van der Waals surface area contributed by atoms with Crippen molar-refractivity contribution < 1.29 is 31.8 Å². The Balaban J connectivity index is 1.42. The maximum Gasteiger partial charge on any atom is 0.416 e. The molecule has 0 atom stereocenters. The number of benzene rings is 4. The summed E-state index contributed by atoms with van der Waals surface area (Å²) in [7, 11) is 1.59. The van der Waals surface area contributed by atoms with Crippen LogP contribution in [-0.4, -0.2) is 34.4 Å². The molecule has 1 N–H and O–H groups in total. The van der Waals surface area contributed by atoms with Crippen LogP contribution < -0.4 is 14.8 Å². The van der Waals surface area contributed by atoms with Gasteiger partial charge in [-0.25, -0.2) is 9.07 Å². The normalized spacial score (nSPS) is 11.3. The fourth-order valence-electron chi connectivity index (χ4n) is 4.13. The fourth-order valence-corrected chi connectivity index (χ4v) is 4.13. The average molecular weight is 577 g/mol. The predicted molar refractivity (Wildman–Crippen MR) is 148 cm³/mol. The molecule has 7 nitrogen and oxygen atoms in total. The predicted octanol–water partition coefficient (Wildman–Crippen LogP) is 6.97. The van der Waals surface area contributed by atoms with Crippen molar-refractivity contribution >= 4 is 11.6 Å². The van der Waals surface area contributed by atoms with Gasteiger partial charge in [0.25, 0.3) is 5.91 Å². The molecule has 1 heterocycles. The van der Waals surface area contributed by atoms with Gasteiger partial charge in [0.1, 0.15) is 11.6 Å². The van der Waals surface area contributed by atoms with E-state index in [2.05, 4.69) is 15.4 Å². The van der Waals surface area contributed by atoms with E-state index in [0.29, 0.717) is 23.4 Å². The molecule has 0 fully saturated rings. The lowest BCUT2D eigenvalue weighted by molar-refractivity contribution is -0.137. The summed E-state index contributed by atoms with van der Waals surface area (Å²) in [4.78, 5) is 17.1. The highest BCUT2D eigenvalue weighted by Crippen LogP contribution is 2.32. The molecular weight excluding hydrogens is 552 g/mol. The Bertz CT molecular complexity index is 1680. The molecule has 11 heteroatoms. The van der Waals surface area contributed by atoms with Crippen molar-refractivity contribution in [2.75, 3.05) is 19.0 Å². The maximum absolute atomic E-state index is 13.6. The largest absolute Gasteiger partial charge is 0.497 e. The number of aromatic nitrogens is 3. The lowest BCUT2D eigenvalue weighted by atomic mass is 10.1. The van der Waals surface area contributed by atoms with Gasteiger partial charge in [0.2, 0.25) is 0 Å². The van der Waals surface area contributed by atoms with Gasteiger partial charge in [-0.05, 0) is 66.2 Å². The van der Waals surface area contributed by atoms with Crippen LogP contribution in [0.15, 0.2) is 97.1 Å². The van der Waals surface area contributed by atoms with Crippen molar-refractivity contribution in [3.05, 3.63) is 120 Å². The monoisotopic (exact) mass is 576 g/mol. The van der Waals surface area contributed by atoms with Crippen LogP contribution in [0.4, 0.5) is 23.2 Å². The topological polar surface area (TPSA) is 78.3 Å². The van der Waals surface area contributed by atoms with E-state index in [9.17, 15) is 22.4 Å². The molecular formula is C31H24F4N4O3. The Hall–Kier alpha value is -5.19. The summed E-state index contributed by atoms with van der Waals surface area (Å²) in [5.74, 6) is -0.0946. The number of ether oxygens (including phenoxy) is 2. The minimum atomic E-state index is -4.49. The molecule has 4 aromatic carbocycles. The number of carbonyl (C=O) groups is 1. The van der Waals surface area contributed by atoms with Crippen LogP contribution in [0, 0.1) is 5.82 Å². The number of methoxy groups -OCH3 is 1. The third-order valence-electron chi connectivity index (χ3n) is 6.27. The molecule has 0 aliphatic rings. The van der Waals surface area contributed by atoms with Gasteiger partial charge < -0.3 is 14.8 Å². The Labute approximate surface area is 238 Å². The number of hydrogen-bond donors (Lipinski definition) is 1. The fraction of sp³-hybridized carbons (Fsp3) is 0.129. The zero-order valence-corrected chi connectivity index (χ0v) is 22.2. The van der Waals surface area contributed by atoms with Crippen molar-refractivity contribution in [1.29, 1.82) is 0 Å². The van der Waals surface area contributed by atoms with Gasteiger partial charge in [-0.1, -0.05) is 36.4 Å². The number of rotatable bonds is 9. The number of anilines is 1. The van der Waals surface area contributed by atoms with Gasteiger partial charge in [0.15, 0.2) is 5.82 Å². The summed E-state index contributed by atoms with van der Waals surface area (Å²) >= 11 is 0. The molecule has 214 valence electrons. The Morgan fingerprint density at radius 1 is 0.929 bits per heavy atom. The first kappa shape index (κ1) is 28.3. The van der Waals surface area contributed by atoms with Gasteiger partial charge in [0.05, 0.1) is 25.0 Å². The second-order valence-electron chi connectivity index (χ2n) is 9.17. The smallest absolute Gasteiger partial charge is 0.416 e. The molecule has 0 radical (unpaired) electrons. The maximum atomic E-state index is 13.6. The molecule has 0 unspecified atom stereocenters. The van der Waals surface area contributed by atoms with Gasteiger partial charge in [-0.3, -0.25) is 4.79 Å². The summed E-state index contributed by atoms with van der Waals surface area (Å²) in [5.41, 5.74) is 1.56. The van der Waals surface area contributed by atoms with E-state index in [4.69, 9.17) is 9.47 Å². The summed E-state index contributed by atoms with van der Waals surface area (Å²) < 4.78 is 65.5. The number of amides is 1. The van der Waals surface area contributed by atoms with E-state index in [1.807, 2.05) is 24.3 Å². The first-order valence-electron chi connectivity index (χ1n) is 12.8. The lowest BCUT2D eigenvalue weighted by Crippen LogP contribution is -2.12. The Kier molecular flexibility index (Phi) is 8.19. The molecule has 0 aliphatic carbocycles. The van der Waals surface area contributed by atoms with Gasteiger partial charge in [0, 0.05) is 23.2 Å². The zero-order valence-electron chi connectivity index (χ0n) is 22.2. The number of nitrogens with one attached hydrogen (secondary N) is 1. The summed E-state index contributed by atoms with van der Waals surface area (Å²) in [6.07, 6.45) is -3.94. The zero-order chi connectivity index (χ0) is 29.7. The van der Waals surface area contributed by atoms with Crippen LogP contribution in [-0.2, 0) is 12.6 Å². The average Bonchev–Trinajstić information content (AvgIpc) is 3.41. The SMILES string of the molecule is COc1ccc(CCOc2nc(-c3ccc(C(F)(F)F)cc3)n(-c3cccc(NC(=O)c4cccc(F)c4)c3)n2)cc1.